The van der Waals surface area contributed by atoms with Gasteiger partial charge in [0.05, 0.1) is 11.4 Å². The van der Waals surface area contributed by atoms with Gasteiger partial charge in [-0.15, -0.1) is 11.3 Å². The van der Waals surface area contributed by atoms with Crippen molar-refractivity contribution in [2.24, 2.45) is 0 Å². The first kappa shape index (κ1) is 16.3. The van der Waals surface area contributed by atoms with Crippen molar-refractivity contribution in [1.29, 1.82) is 0 Å². The van der Waals surface area contributed by atoms with Crippen LogP contribution in [-0.2, 0) is 9.59 Å². The zero-order valence-corrected chi connectivity index (χ0v) is 14.7. The van der Waals surface area contributed by atoms with Gasteiger partial charge in [0, 0.05) is 10.9 Å². The number of rotatable bonds is 3. The van der Waals surface area contributed by atoms with Crippen molar-refractivity contribution < 1.29 is 14.3 Å². The van der Waals surface area contributed by atoms with Crippen molar-refractivity contribution >= 4 is 34.0 Å². The molecule has 0 bridgehead atoms. The topological polar surface area (TPSA) is 80.3 Å². The summed E-state index contributed by atoms with van der Waals surface area (Å²) < 4.78 is 5.71. The number of carbonyl (C=O) groups excluding carboxylic acids is 2. The quantitative estimate of drug-likeness (QED) is 0.696. The van der Waals surface area contributed by atoms with E-state index in [1.54, 1.807) is 24.3 Å². The summed E-state index contributed by atoms with van der Waals surface area (Å²) in [5, 5.41) is 7.65. The van der Waals surface area contributed by atoms with E-state index in [-0.39, 0.29) is 0 Å². The Morgan fingerprint density at radius 3 is 2.69 bits per heavy atom. The van der Waals surface area contributed by atoms with Crippen LogP contribution in [0.5, 0.6) is 5.75 Å². The van der Waals surface area contributed by atoms with Gasteiger partial charge in [0.15, 0.2) is 5.13 Å². The molecule has 0 spiro atoms. The number of nitrogens with one attached hydrogen (secondary N) is 2. The van der Waals surface area contributed by atoms with Gasteiger partial charge in [-0.25, -0.2) is 4.98 Å². The standard InChI is InChI=1S/C19H15N3O3S/c1-19(16(23)20-13-9-5-6-10-15(13)25-19)17(24)22-18-21-14(11-26-18)12-7-3-2-4-8-12/h2-11H,1H3,(H,20,23)(H,21,22,24). The van der Waals surface area contributed by atoms with Gasteiger partial charge in [-0.2, -0.15) is 0 Å². The van der Waals surface area contributed by atoms with Crippen molar-refractivity contribution in [1.82, 2.24) is 4.98 Å². The van der Waals surface area contributed by atoms with E-state index in [1.165, 1.54) is 18.3 Å². The molecule has 2 aromatic carbocycles. The van der Waals surface area contributed by atoms with Crippen molar-refractivity contribution in [3.63, 3.8) is 0 Å². The maximum Gasteiger partial charge on any atom is 0.280 e. The summed E-state index contributed by atoms with van der Waals surface area (Å²) in [5.41, 5.74) is 0.585. The SMILES string of the molecule is CC1(C(=O)Nc2nc(-c3ccccc3)cs2)Oc2ccccc2NC1=O. The lowest BCUT2D eigenvalue weighted by Crippen LogP contribution is -2.56. The van der Waals surface area contributed by atoms with E-state index in [2.05, 4.69) is 15.6 Å². The summed E-state index contributed by atoms with van der Waals surface area (Å²) in [4.78, 5) is 29.6. The van der Waals surface area contributed by atoms with Crippen molar-refractivity contribution in [3.8, 4) is 17.0 Å². The smallest absolute Gasteiger partial charge is 0.280 e. The monoisotopic (exact) mass is 365 g/mol. The number of amides is 2. The van der Waals surface area contributed by atoms with Crippen LogP contribution in [0.2, 0.25) is 0 Å². The number of nitrogens with zero attached hydrogens (tertiary/aromatic N) is 1. The molecule has 1 aliphatic heterocycles. The molecule has 7 heteroatoms. The molecule has 2 heterocycles. The van der Waals surface area contributed by atoms with Gasteiger partial charge in [0.2, 0.25) is 0 Å². The van der Waals surface area contributed by atoms with Crippen LogP contribution >= 0.6 is 11.3 Å². The highest BCUT2D eigenvalue weighted by Crippen LogP contribution is 2.34. The molecule has 0 radical (unpaired) electrons. The number of para-hydroxylation sites is 2. The Morgan fingerprint density at radius 2 is 1.88 bits per heavy atom. The lowest BCUT2D eigenvalue weighted by atomic mass is 10.0. The highest BCUT2D eigenvalue weighted by molar-refractivity contribution is 7.14. The number of aromatic nitrogens is 1. The van der Waals surface area contributed by atoms with Crippen LogP contribution in [0.1, 0.15) is 6.92 Å². The average molecular weight is 365 g/mol. The molecule has 1 unspecified atom stereocenters. The molecule has 4 rings (SSSR count). The zero-order valence-electron chi connectivity index (χ0n) is 13.9. The van der Waals surface area contributed by atoms with Gasteiger partial charge in [0.1, 0.15) is 5.75 Å². The van der Waals surface area contributed by atoms with Crippen LogP contribution in [0, 0.1) is 0 Å². The Balaban J connectivity index is 1.55. The summed E-state index contributed by atoms with van der Waals surface area (Å²) in [6.45, 7) is 1.44. The van der Waals surface area contributed by atoms with Crippen LogP contribution in [0.4, 0.5) is 10.8 Å². The van der Waals surface area contributed by atoms with Gasteiger partial charge in [0.25, 0.3) is 17.4 Å². The zero-order chi connectivity index (χ0) is 18.1. The van der Waals surface area contributed by atoms with Gasteiger partial charge in [-0.3, -0.25) is 14.9 Å². The number of thiazole rings is 1. The molecular weight excluding hydrogens is 350 g/mol. The molecule has 3 aromatic rings. The predicted molar refractivity (Wildman–Crippen MR) is 100 cm³/mol. The molecule has 1 aromatic heterocycles. The predicted octanol–water partition coefficient (Wildman–Crippen LogP) is 3.54. The van der Waals surface area contributed by atoms with Gasteiger partial charge in [-0.05, 0) is 19.1 Å². The van der Waals surface area contributed by atoms with E-state index in [9.17, 15) is 9.59 Å². The number of hydrogen-bond donors (Lipinski definition) is 2. The summed E-state index contributed by atoms with van der Waals surface area (Å²) in [6, 6.07) is 16.6. The Bertz CT molecular complexity index is 986. The van der Waals surface area contributed by atoms with E-state index in [0.29, 0.717) is 16.6 Å². The molecule has 6 nitrogen and oxygen atoms in total. The van der Waals surface area contributed by atoms with Gasteiger partial charge in [-0.1, -0.05) is 42.5 Å². The first-order chi connectivity index (χ1) is 12.6. The summed E-state index contributed by atoms with van der Waals surface area (Å²) in [6.07, 6.45) is 0. The minimum Gasteiger partial charge on any atom is -0.466 e. The second-order valence-corrected chi connectivity index (χ2v) is 6.80. The van der Waals surface area contributed by atoms with E-state index in [1.807, 2.05) is 35.7 Å². The number of hydrogen-bond acceptors (Lipinski definition) is 5. The Kier molecular flexibility index (Phi) is 3.93. The first-order valence-electron chi connectivity index (χ1n) is 7.98. The van der Waals surface area contributed by atoms with Crippen molar-refractivity contribution in [2.75, 3.05) is 10.6 Å². The van der Waals surface area contributed by atoms with Gasteiger partial charge < -0.3 is 10.1 Å². The summed E-state index contributed by atoms with van der Waals surface area (Å²) >= 11 is 1.29. The second kappa shape index (κ2) is 6.27. The maximum atomic E-state index is 12.7. The molecule has 1 aliphatic rings. The normalized spacial score (nSPS) is 18.4. The number of ether oxygens (including phenoxy) is 1. The lowest BCUT2D eigenvalue weighted by Gasteiger charge is -2.32. The fourth-order valence-corrected chi connectivity index (χ4v) is 3.32. The highest BCUT2D eigenvalue weighted by atomic mass is 32.1. The number of carbonyl (C=O) groups is 2. The fourth-order valence-electron chi connectivity index (χ4n) is 2.61. The van der Waals surface area contributed by atoms with Gasteiger partial charge >= 0.3 is 0 Å². The average Bonchev–Trinajstić information content (AvgIpc) is 3.12. The number of fused-ring (bicyclic) bond motifs is 1. The first-order valence-corrected chi connectivity index (χ1v) is 8.86. The molecule has 2 amide bonds. The van der Waals surface area contributed by atoms with Crippen LogP contribution in [0.15, 0.2) is 60.0 Å². The highest BCUT2D eigenvalue weighted by Gasteiger charge is 2.47. The third-order valence-corrected chi connectivity index (χ3v) is 4.87. The molecule has 0 saturated carbocycles. The number of anilines is 2. The fraction of sp³-hybridized carbons (Fsp3) is 0.105. The molecule has 0 saturated heterocycles. The molecule has 26 heavy (non-hydrogen) atoms. The molecule has 1 atom stereocenters. The molecule has 0 aliphatic carbocycles. The lowest BCUT2D eigenvalue weighted by molar-refractivity contribution is -0.143. The van der Waals surface area contributed by atoms with E-state index >= 15 is 0 Å². The Hall–Kier alpha value is -3.19. The number of benzene rings is 2. The molecule has 0 fully saturated rings. The Morgan fingerprint density at radius 1 is 1.15 bits per heavy atom. The third kappa shape index (κ3) is 2.82. The minimum atomic E-state index is -1.67. The van der Waals surface area contributed by atoms with E-state index < -0.39 is 17.4 Å². The molecule has 2 N–H and O–H groups in total. The van der Waals surface area contributed by atoms with Crippen molar-refractivity contribution in [2.45, 2.75) is 12.5 Å². The molecular formula is C19H15N3O3S. The third-order valence-electron chi connectivity index (χ3n) is 4.11. The van der Waals surface area contributed by atoms with Crippen molar-refractivity contribution in [3.05, 3.63) is 60.0 Å². The maximum absolute atomic E-state index is 12.7. The van der Waals surface area contributed by atoms with Crippen LogP contribution in [-0.4, -0.2) is 22.4 Å². The van der Waals surface area contributed by atoms with E-state index in [0.717, 1.165) is 11.3 Å². The van der Waals surface area contributed by atoms with E-state index in [4.69, 9.17) is 4.74 Å². The Labute approximate surface area is 153 Å². The minimum absolute atomic E-state index is 0.408. The molecule has 130 valence electrons. The summed E-state index contributed by atoms with van der Waals surface area (Å²) in [7, 11) is 0. The van der Waals surface area contributed by atoms with Crippen LogP contribution < -0.4 is 15.4 Å². The van der Waals surface area contributed by atoms with Crippen LogP contribution in [0.25, 0.3) is 11.3 Å². The second-order valence-electron chi connectivity index (χ2n) is 5.94. The summed E-state index contributed by atoms with van der Waals surface area (Å²) in [5.74, 6) is -0.638. The largest absolute Gasteiger partial charge is 0.466 e. The van der Waals surface area contributed by atoms with Crippen LogP contribution in [0.3, 0.4) is 0 Å².